The third-order valence-corrected chi connectivity index (χ3v) is 4.60. The normalized spacial score (nSPS) is 11.6. The summed E-state index contributed by atoms with van der Waals surface area (Å²) >= 11 is 4.55. The SMILES string of the molecule is COc1ccc(/C=N/n2c(SC)nnc2C(F)F)cc1Cn1cc(Br)cn1. The highest BCUT2D eigenvalue weighted by atomic mass is 79.9. The van der Waals surface area contributed by atoms with Gasteiger partial charge in [-0.2, -0.15) is 14.9 Å². The van der Waals surface area contributed by atoms with Crippen LogP contribution < -0.4 is 4.74 Å². The summed E-state index contributed by atoms with van der Waals surface area (Å²) in [5, 5.41) is 15.9. The Bertz CT molecular complexity index is 958. The summed E-state index contributed by atoms with van der Waals surface area (Å²) in [6, 6.07) is 5.45. The maximum absolute atomic E-state index is 13.1. The Kier molecular flexibility index (Phi) is 6.22. The van der Waals surface area contributed by atoms with Crippen LogP contribution in [0.15, 0.2) is 45.3 Å². The van der Waals surface area contributed by atoms with E-state index in [0.29, 0.717) is 12.3 Å². The van der Waals surface area contributed by atoms with E-state index in [2.05, 4.69) is 36.3 Å². The van der Waals surface area contributed by atoms with Gasteiger partial charge >= 0.3 is 0 Å². The summed E-state index contributed by atoms with van der Waals surface area (Å²) in [4.78, 5) is 0. The van der Waals surface area contributed by atoms with E-state index in [9.17, 15) is 8.78 Å². The number of methoxy groups -OCH3 is 1. The van der Waals surface area contributed by atoms with Gasteiger partial charge in [0.2, 0.25) is 11.0 Å². The van der Waals surface area contributed by atoms with Crippen molar-refractivity contribution in [2.45, 2.75) is 18.1 Å². The third kappa shape index (κ3) is 4.53. The van der Waals surface area contributed by atoms with Crippen molar-refractivity contribution in [3.05, 3.63) is 52.0 Å². The number of nitrogens with zero attached hydrogens (tertiary/aromatic N) is 6. The third-order valence-electron chi connectivity index (χ3n) is 3.57. The highest BCUT2D eigenvalue weighted by Crippen LogP contribution is 2.23. The van der Waals surface area contributed by atoms with Crippen LogP contribution >= 0.6 is 27.7 Å². The van der Waals surface area contributed by atoms with Crippen molar-refractivity contribution in [1.29, 1.82) is 0 Å². The van der Waals surface area contributed by atoms with Gasteiger partial charge in [-0.25, -0.2) is 8.78 Å². The number of ether oxygens (including phenoxy) is 1. The average molecular weight is 457 g/mol. The summed E-state index contributed by atoms with van der Waals surface area (Å²) < 4.78 is 35.2. The number of thioether (sulfide) groups is 1. The van der Waals surface area contributed by atoms with Crippen LogP contribution in [-0.2, 0) is 6.54 Å². The number of benzene rings is 1. The van der Waals surface area contributed by atoms with Crippen LogP contribution in [0.5, 0.6) is 5.75 Å². The van der Waals surface area contributed by atoms with E-state index in [4.69, 9.17) is 4.74 Å². The molecule has 0 unspecified atom stereocenters. The zero-order valence-electron chi connectivity index (χ0n) is 14.4. The molecule has 2 aromatic heterocycles. The standard InChI is InChI=1S/C16H15BrF2N6OS/c1-26-13-4-3-10(5-11(13)8-24-9-12(17)7-20-24)6-21-25-15(14(18)19)22-23-16(25)27-2/h3-7,9,14H,8H2,1-2H3/b21-6+. The van der Waals surface area contributed by atoms with Gasteiger partial charge in [-0.05, 0) is 45.9 Å². The quantitative estimate of drug-likeness (QED) is 0.399. The first-order valence-corrected chi connectivity index (χ1v) is 9.70. The topological polar surface area (TPSA) is 70.1 Å². The Balaban J connectivity index is 1.90. The van der Waals surface area contributed by atoms with E-state index < -0.39 is 12.2 Å². The molecule has 0 radical (unpaired) electrons. The maximum Gasteiger partial charge on any atom is 0.299 e. The maximum atomic E-state index is 13.1. The predicted octanol–water partition coefficient (Wildman–Crippen LogP) is 3.84. The number of halogens is 3. The van der Waals surface area contributed by atoms with Crippen LogP contribution in [0.25, 0.3) is 0 Å². The second-order valence-electron chi connectivity index (χ2n) is 5.33. The monoisotopic (exact) mass is 456 g/mol. The van der Waals surface area contributed by atoms with Gasteiger partial charge in [0.15, 0.2) is 0 Å². The van der Waals surface area contributed by atoms with Crippen molar-refractivity contribution < 1.29 is 13.5 Å². The first-order valence-electron chi connectivity index (χ1n) is 7.68. The van der Waals surface area contributed by atoms with Gasteiger partial charge in [-0.15, -0.1) is 10.2 Å². The summed E-state index contributed by atoms with van der Waals surface area (Å²) in [6.45, 7) is 0.488. The summed E-state index contributed by atoms with van der Waals surface area (Å²) in [7, 11) is 1.59. The fraction of sp³-hybridized carbons (Fsp3) is 0.250. The number of aromatic nitrogens is 5. The van der Waals surface area contributed by atoms with Gasteiger partial charge in [0.05, 0.1) is 30.5 Å². The van der Waals surface area contributed by atoms with E-state index in [1.165, 1.54) is 18.0 Å². The van der Waals surface area contributed by atoms with Gasteiger partial charge in [0, 0.05) is 11.8 Å². The fourth-order valence-corrected chi connectivity index (χ4v) is 3.14. The van der Waals surface area contributed by atoms with Crippen LogP contribution in [-0.4, -0.2) is 44.2 Å². The van der Waals surface area contributed by atoms with Crippen molar-refractivity contribution in [2.24, 2.45) is 5.10 Å². The molecule has 7 nitrogen and oxygen atoms in total. The Morgan fingerprint density at radius 3 is 2.81 bits per heavy atom. The molecule has 0 aliphatic heterocycles. The minimum Gasteiger partial charge on any atom is -0.496 e. The van der Waals surface area contributed by atoms with Crippen molar-refractivity contribution in [2.75, 3.05) is 13.4 Å². The molecule has 0 aliphatic rings. The zero-order chi connectivity index (χ0) is 19.4. The minimum atomic E-state index is -2.76. The molecule has 0 saturated carbocycles. The van der Waals surface area contributed by atoms with Crippen molar-refractivity contribution in [1.82, 2.24) is 24.7 Å². The van der Waals surface area contributed by atoms with E-state index in [1.807, 2.05) is 12.3 Å². The Hall–Kier alpha value is -2.27. The molecule has 0 amide bonds. The van der Waals surface area contributed by atoms with E-state index in [-0.39, 0.29) is 5.16 Å². The Labute approximate surface area is 166 Å². The van der Waals surface area contributed by atoms with Crippen LogP contribution in [0.1, 0.15) is 23.4 Å². The molecule has 142 valence electrons. The van der Waals surface area contributed by atoms with Gasteiger partial charge in [0.25, 0.3) is 6.43 Å². The van der Waals surface area contributed by atoms with Crippen molar-refractivity contribution in [3.63, 3.8) is 0 Å². The van der Waals surface area contributed by atoms with E-state index in [1.54, 1.807) is 36.4 Å². The Morgan fingerprint density at radius 1 is 1.37 bits per heavy atom. The lowest BCUT2D eigenvalue weighted by atomic mass is 10.1. The molecule has 0 spiro atoms. The molecule has 0 N–H and O–H groups in total. The second-order valence-corrected chi connectivity index (χ2v) is 7.02. The predicted molar refractivity (Wildman–Crippen MR) is 102 cm³/mol. The highest BCUT2D eigenvalue weighted by molar-refractivity contribution is 9.10. The molecule has 1 aromatic carbocycles. The lowest BCUT2D eigenvalue weighted by Crippen LogP contribution is -2.04. The average Bonchev–Trinajstić information content (AvgIpc) is 3.25. The highest BCUT2D eigenvalue weighted by Gasteiger charge is 2.19. The van der Waals surface area contributed by atoms with Gasteiger partial charge < -0.3 is 4.74 Å². The minimum absolute atomic E-state index is 0.289. The Morgan fingerprint density at radius 2 is 2.19 bits per heavy atom. The molecule has 0 fully saturated rings. The molecule has 2 heterocycles. The molecule has 3 aromatic rings. The van der Waals surface area contributed by atoms with E-state index in [0.717, 1.165) is 20.3 Å². The number of rotatable bonds is 7. The molecular formula is C16H15BrF2N6OS. The largest absolute Gasteiger partial charge is 0.496 e. The van der Waals surface area contributed by atoms with Crippen LogP contribution in [0, 0.1) is 0 Å². The van der Waals surface area contributed by atoms with Gasteiger partial charge in [0.1, 0.15) is 5.75 Å². The molecular weight excluding hydrogens is 442 g/mol. The molecule has 27 heavy (non-hydrogen) atoms. The number of hydrogen-bond acceptors (Lipinski definition) is 6. The molecule has 0 saturated heterocycles. The van der Waals surface area contributed by atoms with Gasteiger partial charge in [-0.1, -0.05) is 11.8 Å². The first kappa shape index (κ1) is 19.5. The zero-order valence-corrected chi connectivity index (χ0v) is 16.8. The lowest BCUT2D eigenvalue weighted by molar-refractivity contribution is 0.135. The van der Waals surface area contributed by atoms with Crippen molar-refractivity contribution in [3.8, 4) is 5.75 Å². The van der Waals surface area contributed by atoms with Crippen LogP contribution in [0.3, 0.4) is 0 Å². The smallest absolute Gasteiger partial charge is 0.299 e. The molecule has 0 aliphatic carbocycles. The van der Waals surface area contributed by atoms with Crippen molar-refractivity contribution >= 4 is 33.9 Å². The number of hydrogen-bond donors (Lipinski definition) is 0. The second kappa shape index (κ2) is 8.61. The first-order chi connectivity index (χ1) is 13.0. The molecule has 0 bridgehead atoms. The number of alkyl halides is 2. The van der Waals surface area contributed by atoms with Gasteiger partial charge in [-0.3, -0.25) is 4.68 Å². The fourth-order valence-electron chi connectivity index (χ4n) is 2.37. The summed E-state index contributed by atoms with van der Waals surface area (Å²) in [6.07, 6.45) is 3.98. The lowest BCUT2D eigenvalue weighted by Gasteiger charge is -2.09. The molecule has 11 heteroatoms. The van der Waals surface area contributed by atoms with Crippen LogP contribution in [0.2, 0.25) is 0 Å². The molecule has 3 rings (SSSR count). The van der Waals surface area contributed by atoms with E-state index >= 15 is 0 Å². The summed E-state index contributed by atoms with van der Waals surface area (Å²) in [5.41, 5.74) is 1.60. The summed E-state index contributed by atoms with van der Waals surface area (Å²) in [5.74, 6) is 0.201. The molecule has 0 atom stereocenters. The van der Waals surface area contributed by atoms with Crippen LogP contribution in [0.4, 0.5) is 8.78 Å².